The van der Waals surface area contributed by atoms with Gasteiger partial charge in [0.1, 0.15) is 0 Å². The molecule has 0 aliphatic carbocycles. The van der Waals surface area contributed by atoms with Crippen LogP contribution in [0.2, 0.25) is 0 Å². The molecule has 90 valence electrons. The lowest BCUT2D eigenvalue weighted by atomic mass is 10.2. The van der Waals surface area contributed by atoms with Crippen molar-refractivity contribution in [2.45, 2.75) is 24.8 Å². The number of fused-ring (bicyclic) bond motifs is 1. The van der Waals surface area contributed by atoms with Crippen LogP contribution in [0.3, 0.4) is 0 Å². The summed E-state index contributed by atoms with van der Waals surface area (Å²) >= 11 is 0. The molecule has 5 heteroatoms. The van der Waals surface area contributed by atoms with E-state index in [1.807, 2.05) is 0 Å². The molecule has 0 bridgehead atoms. The molecule has 1 N–H and O–H groups in total. The fourth-order valence-corrected chi connectivity index (χ4v) is 3.15. The number of nitrogens with zero attached hydrogens (tertiary/aromatic N) is 1. The molecule has 1 aromatic heterocycles. The molecule has 0 aliphatic heterocycles. The van der Waals surface area contributed by atoms with Gasteiger partial charge < -0.3 is 0 Å². The number of hydrogen-bond donors (Lipinski definition) is 1. The van der Waals surface area contributed by atoms with E-state index in [1.165, 1.54) is 0 Å². The maximum absolute atomic E-state index is 12.1. The molecule has 4 nitrogen and oxygen atoms in total. The smallest absolute Gasteiger partial charge is 0.241 e. The van der Waals surface area contributed by atoms with Gasteiger partial charge in [-0.1, -0.05) is 6.07 Å². The van der Waals surface area contributed by atoms with Gasteiger partial charge in [0.15, 0.2) is 0 Å². The fraction of sp³-hybridized carbons (Fsp3) is 0.250. The van der Waals surface area contributed by atoms with Gasteiger partial charge in [-0.25, -0.2) is 13.1 Å². The molecule has 0 fully saturated rings. The highest BCUT2D eigenvalue weighted by Crippen LogP contribution is 2.21. The van der Waals surface area contributed by atoms with Gasteiger partial charge >= 0.3 is 0 Å². The van der Waals surface area contributed by atoms with Gasteiger partial charge in [-0.15, -0.1) is 0 Å². The molecule has 0 atom stereocenters. The Morgan fingerprint density at radius 3 is 2.65 bits per heavy atom. The summed E-state index contributed by atoms with van der Waals surface area (Å²) in [6.45, 7) is 3.59. The van der Waals surface area contributed by atoms with Crippen LogP contribution in [0.1, 0.15) is 13.8 Å². The number of hydrogen-bond acceptors (Lipinski definition) is 3. The van der Waals surface area contributed by atoms with E-state index >= 15 is 0 Å². The van der Waals surface area contributed by atoms with E-state index in [2.05, 4.69) is 9.71 Å². The molecule has 0 aliphatic rings. The maximum atomic E-state index is 12.1. The summed E-state index contributed by atoms with van der Waals surface area (Å²) < 4.78 is 26.8. The van der Waals surface area contributed by atoms with Crippen molar-refractivity contribution in [2.24, 2.45) is 0 Å². The van der Waals surface area contributed by atoms with E-state index in [0.29, 0.717) is 10.9 Å². The van der Waals surface area contributed by atoms with Crippen molar-refractivity contribution in [3.8, 4) is 0 Å². The Hall–Kier alpha value is -1.46. The zero-order valence-corrected chi connectivity index (χ0v) is 10.5. The standard InChI is InChI=1S/C12H14N2O2S/c1-9(2)14-17(15,16)12-7-3-6-11-10(12)5-4-8-13-11/h3-9,14H,1-2H3. The quantitative estimate of drug-likeness (QED) is 0.905. The van der Waals surface area contributed by atoms with E-state index in [-0.39, 0.29) is 10.9 Å². The maximum Gasteiger partial charge on any atom is 0.241 e. The predicted molar refractivity (Wildman–Crippen MR) is 67.2 cm³/mol. The monoisotopic (exact) mass is 250 g/mol. The minimum Gasteiger partial charge on any atom is -0.256 e. The van der Waals surface area contributed by atoms with Crippen LogP contribution < -0.4 is 4.72 Å². The van der Waals surface area contributed by atoms with Gasteiger partial charge in [0, 0.05) is 17.6 Å². The van der Waals surface area contributed by atoms with E-state index in [1.54, 1.807) is 50.4 Å². The first-order valence-electron chi connectivity index (χ1n) is 5.37. The highest BCUT2D eigenvalue weighted by atomic mass is 32.2. The second kappa shape index (κ2) is 4.43. The largest absolute Gasteiger partial charge is 0.256 e. The summed E-state index contributed by atoms with van der Waals surface area (Å²) in [7, 11) is -3.48. The van der Waals surface area contributed by atoms with E-state index in [4.69, 9.17) is 0 Å². The Kier molecular flexibility index (Phi) is 3.13. The third-order valence-corrected chi connectivity index (χ3v) is 4.00. The predicted octanol–water partition coefficient (Wildman–Crippen LogP) is 1.92. The van der Waals surface area contributed by atoms with Gasteiger partial charge in [-0.2, -0.15) is 0 Å². The van der Waals surface area contributed by atoms with Gasteiger partial charge in [0.25, 0.3) is 0 Å². The Morgan fingerprint density at radius 1 is 1.18 bits per heavy atom. The molecular weight excluding hydrogens is 236 g/mol. The Labute approximate surface area is 101 Å². The Morgan fingerprint density at radius 2 is 1.94 bits per heavy atom. The number of nitrogens with one attached hydrogen (secondary N) is 1. The number of aromatic nitrogens is 1. The first-order chi connectivity index (χ1) is 8.00. The summed E-state index contributed by atoms with van der Waals surface area (Å²) in [6.07, 6.45) is 1.65. The lowest BCUT2D eigenvalue weighted by molar-refractivity contribution is 0.571. The van der Waals surface area contributed by atoms with Crippen molar-refractivity contribution in [3.63, 3.8) is 0 Å². The summed E-state index contributed by atoms with van der Waals surface area (Å²) in [5.41, 5.74) is 0.680. The zero-order chi connectivity index (χ0) is 12.5. The molecule has 17 heavy (non-hydrogen) atoms. The summed E-state index contributed by atoms with van der Waals surface area (Å²) in [5.74, 6) is 0. The van der Waals surface area contributed by atoms with Crippen molar-refractivity contribution >= 4 is 20.9 Å². The van der Waals surface area contributed by atoms with Crippen LogP contribution in [0.5, 0.6) is 0 Å². The highest BCUT2D eigenvalue weighted by Gasteiger charge is 2.17. The van der Waals surface area contributed by atoms with Gasteiger partial charge in [-0.05, 0) is 38.1 Å². The van der Waals surface area contributed by atoms with Gasteiger partial charge in [-0.3, -0.25) is 4.98 Å². The normalized spacial score (nSPS) is 12.2. The highest BCUT2D eigenvalue weighted by molar-refractivity contribution is 7.89. The van der Waals surface area contributed by atoms with E-state index < -0.39 is 10.0 Å². The lowest BCUT2D eigenvalue weighted by Gasteiger charge is -2.11. The molecule has 0 spiro atoms. The molecule has 0 amide bonds. The number of sulfonamides is 1. The molecule has 0 unspecified atom stereocenters. The third-order valence-electron chi connectivity index (χ3n) is 2.29. The fourth-order valence-electron chi connectivity index (χ4n) is 1.68. The van der Waals surface area contributed by atoms with Crippen LogP contribution in [-0.4, -0.2) is 19.4 Å². The first kappa shape index (κ1) is 12.0. The second-order valence-electron chi connectivity index (χ2n) is 4.10. The van der Waals surface area contributed by atoms with Crippen molar-refractivity contribution < 1.29 is 8.42 Å². The average Bonchev–Trinajstić information content (AvgIpc) is 2.26. The molecule has 1 aromatic carbocycles. The van der Waals surface area contributed by atoms with Gasteiger partial charge in [0.05, 0.1) is 10.4 Å². The molecule has 0 radical (unpaired) electrons. The SMILES string of the molecule is CC(C)NS(=O)(=O)c1cccc2ncccc12. The molecule has 0 saturated carbocycles. The zero-order valence-electron chi connectivity index (χ0n) is 9.71. The van der Waals surface area contributed by atoms with Crippen LogP contribution >= 0.6 is 0 Å². The molecule has 2 aromatic rings. The summed E-state index contributed by atoms with van der Waals surface area (Å²) in [6, 6.07) is 8.45. The summed E-state index contributed by atoms with van der Waals surface area (Å²) in [5, 5.41) is 0.642. The first-order valence-corrected chi connectivity index (χ1v) is 6.85. The topological polar surface area (TPSA) is 59.1 Å². The van der Waals surface area contributed by atoms with Crippen LogP contribution in [0.25, 0.3) is 10.9 Å². The van der Waals surface area contributed by atoms with E-state index in [0.717, 1.165) is 0 Å². The van der Waals surface area contributed by atoms with Crippen LogP contribution in [0.4, 0.5) is 0 Å². The molecule has 1 heterocycles. The van der Waals surface area contributed by atoms with Crippen LogP contribution in [0.15, 0.2) is 41.4 Å². The number of pyridine rings is 1. The number of benzene rings is 1. The molecular formula is C12H14N2O2S. The van der Waals surface area contributed by atoms with Crippen molar-refractivity contribution in [1.29, 1.82) is 0 Å². The minimum atomic E-state index is -3.48. The Bertz CT molecular complexity index is 631. The summed E-state index contributed by atoms with van der Waals surface area (Å²) in [4.78, 5) is 4.42. The van der Waals surface area contributed by atoms with Crippen molar-refractivity contribution in [1.82, 2.24) is 9.71 Å². The van der Waals surface area contributed by atoms with Gasteiger partial charge in [0.2, 0.25) is 10.0 Å². The molecule has 2 rings (SSSR count). The lowest BCUT2D eigenvalue weighted by Crippen LogP contribution is -2.30. The molecule has 0 saturated heterocycles. The van der Waals surface area contributed by atoms with Crippen molar-refractivity contribution in [3.05, 3.63) is 36.5 Å². The Balaban J connectivity index is 2.63. The number of rotatable bonds is 3. The average molecular weight is 250 g/mol. The minimum absolute atomic E-state index is 0.132. The van der Waals surface area contributed by atoms with Crippen LogP contribution in [-0.2, 0) is 10.0 Å². The van der Waals surface area contributed by atoms with Crippen molar-refractivity contribution in [2.75, 3.05) is 0 Å². The second-order valence-corrected chi connectivity index (χ2v) is 5.78. The van der Waals surface area contributed by atoms with E-state index in [9.17, 15) is 8.42 Å². The van der Waals surface area contributed by atoms with Crippen LogP contribution in [0, 0.1) is 0 Å². The third kappa shape index (κ3) is 2.45.